The topological polar surface area (TPSA) is 174 Å². The largest absolute Gasteiger partial charge is 0.354 e. The molecular formula is C88H58N8O4. The second-order valence-electron chi connectivity index (χ2n) is 24.6. The molecule has 6 aliphatic rings. The smallest absolute Gasteiger partial charge is 0.256 e. The first-order valence-electron chi connectivity index (χ1n) is 32.9. The number of carbonyl (C=O) groups is 4. The van der Waals surface area contributed by atoms with Gasteiger partial charge in [-0.15, -0.1) is 0 Å². The van der Waals surface area contributed by atoms with Gasteiger partial charge < -0.3 is 31.2 Å². The highest BCUT2D eigenvalue weighted by Crippen LogP contribution is 2.46. The number of H-pyrrole nitrogens is 2. The van der Waals surface area contributed by atoms with Gasteiger partial charge in [-0.1, -0.05) is 243 Å². The highest BCUT2D eigenvalue weighted by Gasteiger charge is 2.31. The van der Waals surface area contributed by atoms with Gasteiger partial charge in [-0.2, -0.15) is 0 Å². The Kier molecular flexibility index (Phi) is 15.2. The molecular weight excluding hydrogens is 1230 g/mol. The highest BCUT2D eigenvalue weighted by atomic mass is 16.2. The van der Waals surface area contributed by atoms with Crippen LogP contribution in [0.4, 0.5) is 22.7 Å². The van der Waals surface area contributed by atoms with Crippen molar-refractivity contribution in [2.75, 3.05) is 21.3 Å². The number of rotatable bonds is 8. The van der Waals surface area contributed by atoms with E-state index in [9.17, 15) is 0 Å². The summed E-state index contributed by atoms with van der Waals surface area (Å²) in [6.07, 6.45) is 7.92. The van der Waals surface area contributed by atoms with Crippen LogP contribution in [0.25, 0.3) is 135 Å². The lowest BCUT2D eigenvalue weighted by molar-refractivity contribution is 0.102. The number of hydrogen-bond donors (Lipinski definition) is 6. The lowest BCUT2D eigenvalue weighted by atomic mass is 9.98. The Morgan fingerprint density at radius 3 is 0.650 bits per heavy atom. The Bertz CT molecular complexity index is 5460. The molecule has 8 aromatic carbocycles. The van der Waals surface area contributed by atoms with E-state index in [4.69, 9.17) is 9.97 Å². The number of aromatic nitrogens is 4. The molecule has 0 atom stereocenters. The minimum absolute atomic E-state index is 0.344. The predicted molar refractivity (Wildman–Crippen MR) is 405 cm³/mol. The lowest BCUT2D eigenvalue weighted by Gasteiger charge is -2.08. The molecule has 0 spiro atoms. The van der Waals surface area contributed by atoms with Gasteiger partial charge in [0.05, 0.1) is 67.8 Å². The summed E-state index contributed by atoms with van der Waals surface area (Å²) in [7, 11) is 0. The van der Waals surface area contributed by atoms with Gasteiger partial charge in [0.15, 0.2) is 0 Å². The molecule has 0 saturated heterocycles. The van der Waals surface area contributed by atoms with Crippen molar-refractivity contribution in [3.05, 3.63) is 336 Å². The summed E-state index contributed by atoms with van der Waals surface area (Å²) in [5.41, 5.74) is 20.3. The van der Waals surface area contributed by atoms with Crippen molar-refractivity contribution in [2.24, 2.45) is 0 Å². The molecule has 11 aromatic rings. The molecule has 0 radical (unpaired) electrons. The molecule has 4 amide bonds. The van der Waals surface area contributed by atoms with Crippen molar-refractivity contribution in [2.45, 2.75) is 0 Å². The molecule has 9 heterocycles. The zero-order valence-corrected chi connectivity index (χ0v) is 53.5. The van der Waals surface area contributed by atoms with Gasteiger partial charge in [0.1, 0.15) is 0 Å². The van der Waals surface area contributed by atoms with Crippen LogP contribution in [-0.4, -0.2) is 43.6 Å². The third-order valence-electron chi connectivity index (χ3n) is 18.5. The van der Waals surface area contributed by atoms with Crippen LogP contribution in [0.3, 0.4) is 0 Å². The molecule has 100 heavy (non-hydrogen) atoms. The monoisotopic (exact) mass is 1290 g/mol. The third-order valence-corrected chi connectivity index (χ3v) is 18.5. The fraction of sp³-hybridized carbons (Fsp3) is 0. The van der Waals surface area contributed by atoms with Crippen molar-refractivity contribution < 1.29 is 19.2 Å². The first-order chi connectivity index (χ1) is 49.2. The average molecular weight is 1290 g/mol. The number of benzene rings is 8. The summed E-state index contributed by atoms with van der Waals surface area (Å²) in [5.74, 6) is -1.42. The van der Waals surface area contributed by atoms with E-state index in [1.165, 1.54) is 0 Å². The fourth-order valence-electron chi connectivity index (χ4n) is 14.1. The zero-order chi connectivity index (χ0) is 67.2. The summed E-state index contributed by atoms with van der Waals surface area (Å²) >= 11 is 0. The minimum Gasteiger partial charge on any atom is -0.354 e. The summed E-state index contributed by atoms with van der Waals surface area (Å²) in [4.78, 5) is 79.0. The lowest BCUT2D eigenvalue weighted by Crippen LogP contribution is -2.09. The number of nitrogens with one attached hydrogen (secondary N) is 6. The number of hydrogen-bond acceptors (Lipinski definition) is 6. The quantitative estimate of drug-likeness (QED) is 0.0883. The summed E-state index contributed by atoms with van der Waals surface area (Å²) in [5, 5.41) is 13.0. The van der Waals surface area contributed by atoms with E-state index in [0.717, 1.165) is 55.5 Å². The maximum atomic E-state index is 15.1. The normalized spacial score (nSPS) is 12.7. The van der Waals surface area contributed by atoms with Crippen LogP contribution in [0.5, 0.6) is 0 Å². The minimum atomic E-state index is -0.360. The van der Waals surface area contributed by atoms with Gasteiger partial charge in [0.2, 0.25) is 0 Å². The van der Waals surface area contributed by atoms with Crippen LogP contribution >= 0.6 is 0 Å². The van der Waals surface area contributed by atoms with Gasteiger partial charge >= 0.3 is 0 Å². The molecule has 0 saturated carbocycles. The number of nitrogens with zero attached hydrogens (tertiary/aromatic N) is 2. The predicted octanol–water partition coefficient (Wildman–Crippen LogP) is 20.8. The summed E-state index contributed by atoms with van der Waals surface area (Å²) < 4.78 is 0. The van der Waals surface area contributed by atoms with Crippen molar-refractivity contribution >= 4 is 92.7 Å². The van der Waals surface area contributed by atoms with Crippen molar-refractivity contribution in [3.63, 3.8) is 0 Å². The molecule has 3 aromatic heterocycles. The van der Waals surface area contributed by atoms with Crippen LogP contribution < -0.4 is 21.3 Å². The molecule has 0 unspecified atom stereocenters. The molecule has 0 fully saturated rings. The first kappa shape index (κ1) is 59.9. The molecule has 6 aliphatic heterocycles. The van der Waals surface area contributed by atoms with Gasteiger partial charge in [0.25, 0.3) is 23.6 Å². The third kappa shape index (κ3) is 11.0. The Balaban J connectivity index is 1.03. The number of anilines is 4. The van der Waals surface area contributed by atoms with Crippen molar-refractivity contribution in [1.29, 1.82) is 0 Å². The Morgan fingerprint density at radius 2 is 0.390 bits per heavy atom. The van der Waals surface area contributed by atoms with Crippen molar-refractivity contribution in [1.82, 2.24) is 19.9 Å². The summed E-state index contributed by atoms with van der Waals surface area (Å²) in [6.45, 7) is 0. The van der Waals surface area contributed by atoms with E-state index >= 15 is 19.2 Å². The molecule has 0 aliphatic carbocycles. The molecule has 474 valence electrons. The first-order valence-corrected chi connectivity index (χ1v) is 32.9. The zero-order valence-electron chi connectivity index (χ0n) is 53.5. The fourth-order valence-corrected chi connectivity index (χ4v) is 14.1. The SMILES string of the molecule is O=C1Nc2cc1c(-c1ccccc1)c1cc(c(-c3ccccc3)c3ccc([nH]3)c(-c3ccccc3)c3nc(c(-c4ccccc4)c4cc(c(-c5ccccc5)c5cc(c(-c6ccccc6)c6ccc([nH]6)c(-c6ccccc6)c6nc(c2-c2ccccc2)C=C6)C(=O)N5)C(=O)N4)C=C3)C(=O)N1. The van der Waals surface area contributed by atoms with Gasteiger partial charge in [-0.05, 0) is 117 Å². The Labute approximate surface area is 575 Å². The van der Waals surface area contributed by atoms with Crippen molar-refractivity contribution in [3.8, 4) is 89.0 Å². The van der Waals surface area contributed by atoms with Crippen LogP contribution in [0.1, 0.15) is 64.2 Å². The number of aromatic amines is 2. The molecule has 17 rings (SSSR count). The van der Waals surface area contributed by atoms with Gasteiger partial charge in [-0.25, -0.2) is 9.97 Å². The standard InChI is InChI=1S/C88H58N8O4/c97-85-61-49-73(93-85)79(55-29-13-3-14-30-55)63-51-75(95-87(63)99)84(60-39-23-8-24-40-60)72-48-46-70(92-72)82(58-35-19-6-20-36-58)68-44-42-66(90-68)78(54-27-11-2-12-28-54)62-50-74(94-86(62)98)80(56-31-15-4-16-32-56)64-52-76(96-88(64)100)83(59-37-21-7-22-38-59)71-47-45-69(91-71)81(57-33-17-5-18-34-57)67-43-41-65(89-67)77(61)53-25-9-1-10-26-53/h1-52,89-90H,(H,93,97)(H,94,98)(H,95,99)(H,96,100). The maximum Gasteiger partial charge on any atom is 0.256 e. The molecule has 12 nitrogen and oxygen atoms in total. The maximum absolute atomic E-state index is 15.1. The van der Waals surface area contributed by atoms with E-state index in [1.54, 1.807) is 0 Å². The van der Waals surface area contributed by atoms with E-state index < -0.39 is 0 Å². The van der Waals surface area contributed by atoms with Crippen LogP contribution in [0, 0.1) is 0 Å². The second-order valence-corrected chi connectivity index (χ2v) is 24.6. The molecule has 12 heteroatoms. The average Bonchev–Trinajstić information content (AvgIpc) is 1.62. The van der Waals surface area contributed by atoms with E-state index in [1.807, 2.05) is 315 Å². The Hall–Kier alpha value is -13.8. The highest BCUT2D eigenvalue weighted by molar-refractivity contribution is 6.23. The van der Waals surface area contributed by atoms with Crippen LogP contribution in [0.2, 0.25) is 0 Å². The van der Waals surface area contributed by atoms with E-state index in [-0.39, 0.29) is 23.6 Å². The van der Waals surface area contributed by atoms with Gasteiger partial charge in [-0.3, -0.25) is 19.2 Å². The van der Waals surface area contributed by atoms with E-state index in [0.29, 0.717) is 123 Å². The molecule has 16 bridgehead atoms. The number of fused-ring (bicyclic) bond motifs is 16. The van der Waals surface area contributed by atoms with E-state index in [2.05, 4.69) is 31.2 Å². The molecule has 6 N–H and O–H groups in total. The van der Waals surface area contributed by atoms with Crippen LogP contribution in [-0.2, 0) is 0 Å². The summed E-state index contributed by atoms with van der Waals surface area (Å²) in [6, 6.07) is 94.1. The Morgan fingerprint density at radius 1 is 0.200 bits per heavy atom. The van der Waals surface area contributed by atoms with Crippen LogP contribution in [0.15, 0.2) is 291 Å². The number of carbonyl (C=O) groups excluding carboxylic acids is 4. The second kappa shape index (κ2) is 25.4. The van der Waals surface area contributed by atoms with Gasteiger partial charge in [0, 0.05) is 66.6 Å². The number of amides is 4.